The van der Waals surface area contributed by atoms with Crippen molar-refractivity contribution in [3.63, 3.8) is 0 Å². The van der Waals surface area contributed by atoms with Crippen LogP contribution in [0.25, 0.3) is 0 Å². The minimum Gasteiger partial charge on any atom is -0.396 e. The fourth-order valence-corrected chi connectivity index (χ4v) is 1.40. The summed E-state index contributed by atoms with van der Waals surface area (Å²) in [5.41, 5.74) is 0. The van der Waals surface area contributed by atoms with Gasteiger partial charge in [-0.2, -0.15) is 0 Å². The number of aliphatic hydroxyl groups is 2. The predicted molar refractivity (Wildman–Crippen MR) is 49.9 cm³/mol. The van der Waals surface area contributed by atoms with E-state index in [1.54, 1.807) is 23.5 Å². The first-order chi connectivity index (χ1) is 5.41. The van der Waals surface area contributed by atoms with Gasteiger partial charge in [0.05, 0.1) is 25.1 Å². The maximum absolute atomic E-state index is 8.39. The first-order valence-electron chi connectivity index (χ1n) is 3.36. The summed E-state index contributed by atoms with van der Waals surface area (Å²) in [4.78, 5) is 0. The number of rotatable bonds is 8. The van der Waals surface area contributed by atoms with Gasteiger partial charge in [-0.15, -0.1) is 23.5 Å². The van der Waals surface area contributed by atoms with Crippen LogP contribution in [0.2, 0.25) is 0 Å². The largest absolute Gasteiger partial charge is 0.396 e. The molecule has 0 aromatic heterocycles. The van der Waals surface area contributed by atoms with Crippen LogP contribution in [0.4, 0.5) is 0 Å². The Balaban J connectivity index is 2.69. The second-order valence-electron chi connectivity index (χ2n) is 1.70. The topological polar surface area (TPSA) is 49.7 Å². The third kappa shape index (κ3) is 10.6. The van der Waals surface area contributed by atoms with E-state index in [4.69, 9.17) is 14.9 Å². The highest BCUT2D eigenvalue weighted by atomic mass is 32.2. The Hall–Kier alpha value is 0.580. The zero-order valence-electron chi connectivity index (χ0n) is 6.36. The van der Waals surface area contributed by atoms with Crippen LogP contribution in [-0.2, 0) is 4.74 Å². The molecule has 5 heteroatoms. The van der Waals surface area contributed by atoms with Crippen molar-refractivity contribution in [3.8, 4) is 0 Å². The normalized spacial score (nSPS) is 10.4. The number of thioether (sulfide) groups is 2. The van der Waals surface area contributed by atoms with Gasteiger partial charge in [0.25, 0.3) is 0 Å². The van der Waals surface area contributed by atoms with Crippen LogP contribution in [-0.4, -0.2) is 46.8 Å². The molecular formula is C6H14O3S2. The lowest BCUT2D eigenvalue weighted by Gasteiger charge is -2.01. The van der Waals surface area contributed by atoms with Gasteiger partial charge in [-0.05, 0) is 0 Å². The van der Waals surface area contributed by atoms with Gasteiger partial charge in [0.1, 0.15) is 0 Å². The summed E-state index contributed by atoms with van der Waals surface area (Å²) in [7, 11) is 0. The number of ether oxygens (including phenoxy) is 1. The highest BCUT2D eigenvalue weighted by Crippen LogP contribution is 2.03. The van der Waals surface area contributed by atoms with E-state index in [1.807, 2.05) is 0 Å². The van der Waals surface area contributed by atoms with Crippen LogP contribution < -0.4 is 0 Å². The molecule has 0 bridgehead atoms. The van der Waals surface area contributed by atoms with E-state index in [1.165, 1.54) is 0 Å². The van der Waals surface area contributed by atoms with Crippen molar-refractivity contribution in [3.05, 3.63) is 0 Å². The van der Waals surface area contributed by atoms with Gasteiger partial charge in [0.2, 0.25) is 0 Å². The standard InChI is InChI=1S/C6H14O3S2/c7-1-3-10-5-9-6-11-4-2-8/h7-8H,1-6H2. The van der Waals surface area contributed by atoms with Crippen LogP contribution in [0.3, 0.4) is 0 Å². The van der Waals surface area contributed by atoms with Crippen LogP contribution in [0.5, 0.6) is 0 Å². The molecule has 0 aliphatic carbocycles. The minimum atomic E-state index is 0.206. The van der Waals surface area contributed by atoms with Gasteiger partial charge in [-0.3, -0.25) is 0 Å². The molecule has 0 amide bonds. The average Bonchev–Trinajstić information content (AvgIpc) is 2.03. The fraction of sp³-hybridized carbons (Fsp3) is 1.00. The third-order valence-electron chi connectivity index (χ3n) is 0.805. The molecule has 0 rings (SSSR count). The van der Waals surface area contributed by atoms with Gasteiger partial charge in [0.15, 0.2) is 0 Å². The van der Waals surface area contributed by atoms with Crippen LogP contribution in [0.15, 0.2) is 0 Å². The second-order valence-corrected chi connectivity index (χ2v) is 3.81. The SMILES string of the molecule is OCCSCOCSCCO. The monoisotopic (exact) mass is 198 g/mol. The molecule has 0 atom stereocenters. The van der Waals surface area contributed by atoms with E-state index in [2.05, 4.69) is 0 Å². The molecule has 0 spiro atoms. The number of hydrogen-bond acceptors (Lipinski definition) is 5. The summed E-state index contributed by atoms with van der Waals surface area (Å²) < 4.78 is 5.14. The van der Waals surface area contributed by atoms with Crippen LogP contribution in [0.1, 0.15) is 0 Å². The Morgan fingerprint density at radius 1 is 0.909 bits per heavy atom. The van der Waals surface area contributed by atoms with E-state index in [0.29, 0.717) is 11.9 Å². The average molecular weight is 198 g/mol. The summed E-state index contributed by atoms with van der Waals surface area (Å²) in [5.74, 6) is 2.70. The summed E-state index contributed by atoms with van der Waals surface area (Å²) >= 11 is 3.13. The quantitative estimate of drug-likeness (QED) is 0.436. The van der Waals surface area contributed by atoms with E-state index in [0.717, 1.165) is 11.5 Å². The molecule has 0 saturated carbocycles. The molecule has 0 heterocycles. The molecule has 3 nitrogen and oxygen atoms in total. The second kappa shape index (κ2) is 10.6. The Morgan fingerprint density at radius 2 is 1.36 bits per heavy atom. The lowest BCUT2D eigenvalue weighted by atomic mass is 10.9. The van der Waals surface area contributed by atoms with Gasteiger partial charge >= 0.3 is 0 Å². The highest BCUT2D eigenvalue weighted by Gasteiger charge is 1.88. The zero-order chi connectivity index (χ0) is 8.36. The molecule has 68 valence electrons. The third-order valence-corrected chi connectivity index (χ3v) is 2.41. The molecule has 0 fully saturated rings. The van der Waals surface area contributed by atoms with Crippen molar-refractivity contribution in [2.24, 2.45) is 0 Å². The predicted octanol–water partition coefficient (Wildman–Crippen LogP) is 0.369. The highest BCUT2D eigenvalue weighted by molar-refractivity contribution is 7.99. The van der Waals surface area contributed by atoms with Crippen molar-refractivity contribution >= 4 is 23.5 Å². The Kier molecular flexibility index (Phi) is 11.1. The lowest BCUT2D eigenvalue weighted by molar-refractivity contribution is 0.239. The fourth-order valence-electron chi connectivity index (χ4n) is 0.399. The molecular weight excluding hydrogens is 184 g/mol. The smallest absolute Gasteiger partial charge is 0.0933 e. The Bertz CT molecular complexity index is 64.8. The van der Waals surface area contributed by atoms with E-state index in [-0.39, 0.29) is 13.2 Å². The van der Waals surface area contributed by atoms with Crippen molar-refractivity contribution in [1.82, 2.24) is 0 Å². The minimum absolute atomic E-state index is 0.206. The van der Waals surface area contributed by atoms with Gasteiger partial charge in [-0.1, -0.05) is 0 Å². The van der Waals surface area contributed by atoms with E-state index < -0.39 is 0 Å². The van der Waals surface area contributed by atoms with Crippen LogP contribution >= 0.6 is 23.5 Å². The molecule has 2 N–H and O–H groups in total. The first-order valence-corrected chi connectivity index (χ1v) is 5.67. The number of aliphatic hydroxyl groups excluding tert-OH is 2. The summed E-state index contributed by atoms with van der Waals surface area (Å²) in [6.07, 6.45) is 0. The number of hydrogen-bond donors (Lipinski definition) is 2. The summed E-state index contributed by atoms with van der Waals surface area (Å²) in [6, 6.07) is 0. The zero-order valence-corrected chi connectivity index (χ0v) is 7.99. The summed E-state index contributed by atoms with van der Waals surface area (Å²) in [5, 5.41) is 16.8. The van der Waals surface area contributed by atoms with Gasteiger partial charge in [-0.25, -0.2) is 0 Å². The van der Waals surface area contributed by atoms with Crippen molar-refractivity contribution in [2.45, 2.75) is 0 Å². The molecule has 0 saturated heterocycles. The maximum atomic E-state index is 8.39. The molecule has 0 aliphatic heterocycles. The van der Waals surface area contributed by atoms with E-state index >= 15 is 0 Å². The Labute approximate surface area is 75.5 Å². The van der Waals surface area contributed by atoms with Crippen molar-refractivity contribution < 1.29 is 14.9 Å². The van der Waals surface area contributed by atoms with Crippen molar-refractivity contribution in [2.75, 3.05) is 36.6 Å². The first kappa shape index (κ1) is 11.6. The van der Waals surface area contributed by atoms with E-state index in [9.17, 15) is 0 Å². The maximum Gasteiger partial charge on any atom is 0.0933 e. The van der Waals surface area contributed by atoms with Gasteiger partial charge in [0, 0.05) is 11.5 Å². The van der Waals surface area contributed by atoms with Crippen LogP contribution in [0, 0.1) is 0 Å². The van der Waals surface area contributed by atoms with Gasteiger partial charge < -0.3 is 14.9 Å². The molecule has 0 radical (unpaired) electrons. The molecule has 0 unspecified atom stereocenters. The summed E-state index contributed by atoms with van der Waals surface area (Å²) in [6.45, 7) is 0.412. The lowest BCUT2D eigenvalue weighted by Crippen LogP contribution is -1.95. The molecule has 11 heavy (non-hydrogen) atoms. The Morgan fingerprint density at radius 3 is 1.73 bits per heavy atom. The van der Waals surface area contributed by atoms with Crippen molar-refractivity contribution in [1.29, 1.82) is 0 Å². The molecule has 0 aromatic rings. The molecule has 0 aliphatic rings. The molecule has 0 aromatic carbocycles.